The first-order chi connectivity index (χ1) is 4.38. The number of amides is 1. The molecule has 2 atom stereocenters. The molecule has 1 N–H and O–H groups in total. The molecule has 2 saturated heterocycles. The number of nitrogens with one attached hydrogen (secondary N) is 1. The summed E-state index contributed by atoms with van der Waals surface area (Å²) in [6.07, 6.45) is 2.11. The second kappa shape index (κ2) is 1.70. The Hall–Kier alpha value is -0.570. The lowest BCUT2D eigenvalue weighted by Crippen LogP contribution is -2.61. The number of hydrogen-bond donors (Lipinski definition) is 1. The van der Waals surface area contributed by atoms with Gasteiger partial charge >= 0.3 is 0 Å². The molecule has 0 aromatic carbocycles. The topological polar surface area (TPSA) is 38.3 Å². The molecule has 0 unspecified atom stereocenters. The Bertz CT molecular complexity index is 146. The highest BCUT2D eigenvalue weighted by Crippen LogP contribution is 2.25. The Balaban J connectivity index is 2.01. The van der Waals surface area contributed by atoms with Crippen LogP contribution in [-0.4, -0.2) is 18.7 Å². The van der Waals surface area contributed by atoms with E-state index in [0.29, 0.717) is 0 Å². The molecule has 9 heavy (non-hydrogen) atoms. The van der Waals surface area contributed by atoms with E-state index in [1.807, 2.05) is 0 Å². The van der Waals surface area contributed by atoms with E-state index in [1.54, 1.807) is 0 Å². The Morgan fingerprint density at radius 2 is 2.56 bits per heavy atom. The number of fused-ring (bicyclic) bond motifs is 1. The zero-order valence-electron chi connectivity index (χ0n) is 5.09. The molecule has 2 aliphatic rings. The van der Waals surface area contributed by atoms with Gasteiger partial charge in [0.25, 0.3) is 0 Å². The van der Waals surface area contributed by atoms with Crippen LogP contribution in [0.25, 0.3) is 0 Å². The average molecular weight is 127 g/mol. The first kappa shape index (κ1) is 5.23. The van der Waals surface area contributed by atoms with E-state index < -0.39 is 0 Å². The minimum atomic E-state index is 0.0613. The summed E-state index contributed by atoms with van der Waals surface area (Å²) < 4.78 is 5.22. The SMILES string of the molecule is O=C1N[C@@H]2OCCC[C@H]12. The van der Waals surface area contributed by atoms with Crippen molar-refractivity contribution in [1.29, 1.82) is 0 Å². The minimum Gasteiger partial charge on any atom is -0.358 e. The zero-order valence-corrected chi connectivity index (χ0v) is 5.09. The number of β-lactam (4-membered cyclic amide) rings is 1. The summed E-state index contributed by atoms with van der Waals surface area (Å²) in [5.74, 6) is 0.346. The van der Waals surface area contributed by atoms with Crippen molar-refractivity contribution < 1.29 is 9.53 Å². The molecule has 0 aromatic heterocycles. The minimum absolute atomic E-state index is 0.0613. The van der Waals surface area contributed by atoms with Crippen molar-refractivity contribution in [3.8, 4) is 0 Å². The van der Waals surface area contributed by atoms with Crippen LogP contribution in [0.4, 0.5) is 0 Å². The van der Waals surface area contributed by atoms with Gasteiger partial charge in [0.15, 0.2) is 0 Å². The number of rotatable bonds is 0. The number of carbonyl (C=O) groups is 1. The quantitative estimate of drug-likeness (QED) is 0.460. The fraction of sp³-hybridized carbons (Fsp3) is 0.833. The molecule has 2 aliphatic heterocycles. The highest BCUT2D eigenvalue weighted by molar-refractivity contribution is 5.85. The Morgan fingerprint density at radius 3 is 3.11 bits per heavy atom. The summed E-state index contributed by atoms with van der Waals surface area (Å²) >= 11 is 0. The van der Waals surface area contributed by atoms with Crippen LogP contribution in [0.5, 0.6) is 0 Å². The fourth-order valence-corrected chi connectivity index (χ4v) is 1.34. The monoisotopic (exact) mass is 127 g/mol. The van der Waals surface area contributed by atoms with Crippen LogP contribution in [0, 0.1) is 5.92 Å². The maximum Gasteiger partial charge on any atom is 0.229 e. The molecule has 1 amide bonds. The van der Waals surface area contributed by atoms with Gasteiger partial charge < -0.3 is 10.1 Å². The molecule has 0 saturated carbocycles. The lowest BCUT2D eigenvalue weighted by atomic mass is 9.92. The van der Waals surface area contributed by atoms with Gasteiger partial charge in [0.2, 0.25) is 5.91 Å². The van der Waals surface area contributed by atoms with Gasteiger partial charge in [-0.15, -0.1) is 0 Å². The molecule has 0 aliphatic carbocycles. The first-order valence-corrected chi connectivity index (χ1v) is 3.30. The molecular formula is C6H9NO2. The van der Waals surface area contributed by atoms with Crippen molar-refractivity contribution >= 4 is 5.91 Å². The molecule has 0 spiro atoms. The van der Waals surface area contributed by atoms with Crippen molar-refractivity contribution in [2.45, 2.75) is 19.1 Å². The number of carbonyl (C=O) groups excluding carboxylic acids is 1. The van der Waals surface area contributed by atoms with E-state index in [2.05, 4.69) is 5.32 Å². The molecule has 50 valence electrons. The van der Waals surface area contributed by atoms with E-state index in [0.717, 1.165) is 19.4 Å². The maximum absolute atomic E-state index is 10.7. The highest BCUT2D eigenvalue weighted by atomic mass is 16.5. The third kappa shape index (κ3) is 0.645. The van der Waals surface area contributed by atoms with Crippen LogP contribution in [0.2, 0.25) is 0 Å². The van der Waals surface area contributed by atoms with Gasteiger partial charge in [-0.05, 0) is 12.8 Å². The predicted molar refractivity (Wildman–Crippen MR) is 30.6 cm³/mol. The largest absolute Gasteiger partial charge is 0.358 e. The fourth-order valence-electron chi connectivity index (χ4n) is 1.34. The van der Waals surface area contributed by atoms with Crippen LogP contribution in [-0.2, 0) is 9.53 Å². The third-order valence-electron chi connectivity index (χ3n) is 1.94. The van der Waals surface area contributed by atoms with Crippen molar-refractivity contribution in [3.05, 3.63) is 0 Å². The van der Waals surface area contributed by atoms with Crippen LogP contribution in [0.1, 0.15) is 12.8 Å². The lowest BCUT2D eigenvalue weighted by Gasteiger charge is -2.39. The highest BCUT2D eigenvalue weighted by Gasteiger charge is 2.41. The third-order valence-corrected chi connectivity index (χ3v) is 1.94. The summed E-state index contributed by atoms with van der Waals surface area (Å²) in [6, 6.07) is 0. The van der Waals surface area contributed by atoms with Crippen molar-refractivity contribution in [2.24, 2.45) is 5.92 Å². The van der Waals surface area contributed by atoms with Crippen molar-refractivity contribution in [1.82, 2.24) is 5.32 Å². The molecule has 2 rings (SSSR count). The van der Waals surface area contributed by atoms with Crippen LogP contribution < -0.4 is 5.32 Å². The van der Waals surface area contributed by atoms with Gasteiger partial charge in [-0.1, -0.05) is 0 Å². The summed E-state index contributed by atoms with van der Waals surface area (Å²) in [5.41, 5.74) is 0. The van der Waals surface area contributed by atoms with E-state index in [4.69, 9.17) is 4.74 Å². The molecule has 3 nitrogen and oxygen atoms in total. The molecule has 3 heteroatoms. The Labute approximate surface area is 53.4 Å². The van der Waals surface area contributed by atoms with E-state index in [9.17, 15) is 4.79 Å². The molecule has 2 fully saturated rings. The smallest absolute Gasteiger partial charge is 0.229 e. The molecular weight excluding hydrogens is 118 g/mol. The Morgan fingerprint density at radius 1 is 1.67 bits per heavy atom. The summed E-state index contributed by atoms with van der Waals surface area (Å²) in [6.45, 7) is 0.807. The first-order valence-electron chi connectivity index (χ1n) is 3.30. The molecule has 0 radical (unpaired) electrons. The van der Waals surface area contributed by atoms with Crippen molar-refractivity contribution in [3.63, 3.8) is 0 Å². The van der Waals surface area contributed by atoms with Crippen molar-refractivity contribution in [2.75, 3.05) is 6.61 Å². The van der Waals surface area contributed by atoms with Gasteiger partial charge in [-0.3, -0.25) is 4.79 Å². The molecule has 0 bridgehead atoms. The molecule has 2 heterocycles. The van der Waals surface area contributed by atoms with Gasteiger partial charge in [0.1, 0.15) is 6.23 Å². The van der Waals surface area contributed by atoms with E-state index in [1.165, 1.54) is 0 Å². The summed E-state index contributed by atoms with van der Waals surface area (Å²) in [5, 5.41) is 2.68. The number of ether oxygens (including phenoxy) is 1. The van der Waals surface area contributed by atoms with E-state index in [-0.39, 0.29) is 18.1 Å². The Kier molecular flexibility index (Phi) is 0.990. The number of hydrogen-bond acceptors (Lipinski definition) is 2. The standard InChI is InChI=1S/C6H9NO2/c8-5-4-2-1-3-9-6(4)7-5/h4,6H,1-3H2,(H,7,8)/t4-,6-/m1/s1. The van der Waals surface area contributed by atoms with Gasteiger partial charge in [0, 0.05) is 6.61 Å². The van der Waals surface area contributed by atoms with Crippen LogP contribution >= 0.6 is 0 Å². The second-order valence-corrected chi connectivity index (χ2v) is 2.55. The zero-order chi connectivity index (χ0) is 6.27. The second-order valence-electron chi connectivity index (χ2n) is 2.55. The average Bonchev–Trinajstić information content (AvgIpc) is 1.86. The summed E-state index contributed by atoms with van der Waals surface area (Å²) in [7, 11) is 0. The van der Waals surface area contributed by atoms with Gasteiger partial charge in [0.05, 0.1) is 5.92 Å². The maximum atomic E-state index is 10.7. The van der Waals surface area contributed by atoms with Crippen LogP contribution in [0.15, 0.2) is 0 Å². The van der Waals surface area contributed by atoms with Gasteiger partial charge in [-0.25, -0.2) is 0 Å². The van der Waals surface area contributed by atoms with E-state index >= 15 is 0 Å². The normalized spacial score (nSPS) is 40.7. The lowest BCUT2D eigenvalue weighted by molar-refractivity contribution is -0.161. The van der Waals surface area contributed by atoms with Gasteiger partial charge in [-0.2, -0.15) is 0 Å². The van der Waals surface area contributed by atoms with Crippen LogP contribution in [0.3, 0.4) is 0 Å². The summed E-state index contributed by atoms with van der Waals surface area (Å²) in [4.78, 5) is 10.7. The molecule has 0 aromatic rings. The predicted octanol–water partition coefficient (Wildman–Crippen LogP) is -0.131.